The van der Waals surface area contributed by atoms with E-state index >= 15 is 0 Å². The summed E-state index contributed by atoms with van der Waals surface area (Å²) in [6.07, 6.45) is 0. The monoisotopic (exact) mass is 420 g/mol. The molecule has 30 heavy (non-hydrogen) atoms. The highest BCUT2D eigenvalue weighted by Gasteiger charge is 2.30. The van der Waals surface area contributed by atoms with Crippen LogP contribution < -0.4 is 5.73 Å². The minimum Gasteiger partial charge on any atom is -0.461 e. The zero-order valence-electron chi connectivity index (χ0n) is 16.6. The number of nitrogens with zero attached hydrogens (tertiary/aromatic N) is 3. The lowest BCUT2D eigenvalue weighted by molar-refractivity contribution is 0.0518. The van der Waals surface area contributed by atoms with Gasteiger partial charge in [-0.15, -0.1) is 11.8 Å². The van der Waals surface area contributed by atoms with Gasteiger partial charge in [-0.1, -0.05) is 24.3 Å². The van der Waals surface area contributed by atoms with Crippen molar-refractivity contribution in [2.75, 3.05) is 6.61 Å². The Kier molecular flexibility index (Phi) is 5.41. The Hall–Kier alpha value is -3.39. The second kappa shape index (κ2) is 8.16. The van der Waals surface area contributed by atoms with E-state index in [2.05, 4.69) is 10.1 Å². The summed E-state index contributed by atoms with van der Waals surface area (Å²) < 4.78 is 6.93. The van der Waals surface area contributed by atoms with Gasteiger partial charge in [0, 0.05) is 27.3 Å². The lowest BCUT2D eigenvalue weighted by atomic mass is 10.1. The topological polar surface area (TPSA) is 99.6 Å². The van der Waals surface area contributed by atoms with Gasteiger partial charge in [-0.2, -0.15) is 10.1 Å². The number of rotatable bonds is 4. The minimum atomic E-state index is -0.455. The van der Waals surface area contributed by atoms with E-state index in [0.717, 1.165) is 21.7 Å². The number of hydrogen-bond acceptors (Lipinski definition) is 5. The molecular formula is C22H20N4O3S. The van der Waals surface area contributed by atoms with Crippen molar-refractivity contribution >= 4 is 29.5 Å². The number of aliphatic imine (C=N–C) groups is 1. The average Bonchev–Trinajstić information content (AvgIpc) is 3.14. The van der Waals surface area contributed by atoms with Crippen molar-refractivity contribution in [2.45, 2.75) is 24.5 Å². The molecule has 7 nitrogen and oxygen atoms in total. The predicted octanol–water partition coefficient (Wildman–Crippen LogP) is 3.84. The van der Waals surface area contributed by atoms with Gasteiger partial charge in [-0.05, 0) is 38.1 Å². The van der Waals surface area contributed by atoms with Gasteiger partial charge in [0.1, 0.15) is 5.84 Å². The van der Waals surface area contributed by atoms with Gasteiger partial charge < -0.3 is 10.5 Å². The molecule has 4 rings (SSSR count). The van der Waals surface area contributed by atoms with Crippen molar-refractivity contribution in [3.05, 3.63) is 65.4 Å². The van der Waals surface area contributed by atoms with Crippen LogP contribution in [0.2, 0.25) is 0 Å². The lowest BCUT2D eigenvalue weighted by Crippen LogP contribution is -2.10. The van der Waals surface area contributed by atoms with Gasteiger partial charge >= 0.3 is 5.97 Å². The zero-order chi connectivity index (χ0) is 21.3. The predicted molar refractivity (Wildman–Crippen MR) is 116 cm³/mol. The SMILES string of the molecule is CCOC(=O)c1nn(-c2cccc(C(=O)N=C(C)N)c2)c2c1CSc1ccccc1-2. The molecule has 1 aliphatic heterocycles. The fourth-order valence-corrected chi connectivity index (χ4v) is 4.42. The Balaban J connectivity index is 1.91. The molecule has 0 radical (unpaired) electrons. The average molecular weight is 420 g/mol. The van der Waals surface area contributed by atoms with Crippen LogP contribution in [0.3, 0.4) is 0 Å². The Morgan fingerprint density at radius 1 is 1.23 bits per heavy atom. The van der Waals surface area contributed by atoms with E-state index in [0.29, 0.717) is 22.7 Å². The van der Waals surface area contributed by atoms with Crippen molar-refractivity contribution in [2.24, 2.45) is 10.7 Å². The quantitative estimate of drug-likeness (QED) is 0.391. The van der Waals surface area contributed by atoms with Crippen molar-refractivity contribution < 1.29 is 14.3 Å². The smallest absolute Gasteiger partial charge is 0.359 e. The molecular weight excluding hydrogens is 400 g/mol. The van der Waals surface area contributed by atoms with E-state index in [1.807, 2.05) is 30.3 Å². The van der Waals surface area contributed by atoms with E-state index in [-0.39, 0.29) is 12.4 Å². The summed E-state index contributed by atoms with van der Waals surface area (Å²) in [6, 6.07) is 14.9. The van der Waals surface area contributed by atoms with Gasteiger partial charge in [0.2, 0.25) is 0 Å². The number of hydrogen-bond donors (Lipinski definition) is 1. The van der Waals surface area contributed by atoms with Crippen LogP contribution in [0.5, 0.6) is 0 Å². The number of carbonyl (C=O) groups excluding carboxylic acids is 2. The summed E-state index contributed by atoms with van der Waals surface area (Å²) in [7, 11) is 0. The highest BCUT2D eigenvalue weighted by atomic mass is 32.2. The van der Waals surface area contributed by atoms with Crippen molar-refractivity contribution in [3.63, 3.8) is 0 Å². The molecule has 2 N–H and O–H groups in total. The number of amidine groups is 1. The molecule has 0 aliphatic carbocycles. The molecule has 0 saturated carbocycles. The molecule has 2 heterocycles. The van der Waals surface area contributed by atoms with E-state index in [1.54, 1.807) is 48.5 Å². The highest BCUT2D eigenvalue weighted by molar-refractivity contribution is 7.98. The molecule has 1 amide bonds. The van der Waals surface area contributed by atoms with E-state index in [9.17, 15) is 9.59 Å². The van der Waals surface area contributed by atoms with Crippen LogP contribution in [0.4, 0.5) is 0 Å². The number of fused-ring (bicyclic) bond motifs is 3. The first-order valence-corrected chi connectivity index (χ1v) is 10.4. The Morgan fingerprint density at radius 2 is 2.03 bits per heavy atom. The molecule has 0 saturated heterocycles. The largest absolute Gasteiger partial charge is 0.461 e. The molecule has 1 aliphatic rings. The normalized spacial score (nSPS) is 12.8. The molecule has 0 bridgehead atoms. The van der Waals surface area contributed by atoms with Gasteiger partial charge in [-0.3, -0.25) is 4.79 Å². The maximum Gasteiger partial charge on any atom is 0.359 e. The number of thioether (sulfide) groups is 1. The zero-order valence-corrected chi connectivity index (χ0v) is 17.4. The van der Waals surface area contributed by atoms with Crippen LogP contribution in [0, 0.1) is 0 Å². The van der Waals surface area contributed by atoms with Crippen molar-refractivity contribution in [1.29, 1.82) is 0 Å². The molecule has 3 aromatic rings. The second-order valence-corrected chi connectivity index (χ2v) is 7.72. The first-order valence-electron chi connectivity index (χ1n) is 9.46. The van der Waals surface area contributed by atoms with Crippen LogP contribution in [-0.2, 0) is 10.5 Å². The standard InChI is InChI=1S/C22H20N4O3S/c1-3-29-22(28)19-17-12-30-18-10-5-4-9-16(18)20(17)26(25-19)15-8-6-7-14(11-15)21(27)24-13(2)23/h4-11H,3,12H2,1-2H3,(H2,23,24,27). The first kappa shape index (κ1) is 19.9. The Bertz CT molecular complexity index is 1180. The van der Waals surface area contributed by atoms with Crippen LogP contribution in [-0.4, -0.2) is 34.1 Å². The number of ether oxygens (including phenoxy) is 1. The fraction of sp³-hybridized carbons (Fsp3) is 0.182. The van der Waals surface area contributed by atoms with Crippen LogP contribution in [0.1, 0.15) is 40.3 Å². The van der Waals surface area contributed by atoms with E-state index in [1.165, 1.54) is 0 Å². The van der Waals surface area contributed by atoms with Crippen LogP contribution in [0.25, 0.3) is 16.9 Å². The maximum absolute atomic E-state index is 12.6. The van der Waals surface area contributed by atoms with Gasteiger partial charge in [0.05, 0.1) is 18.0 Å². The van der Waals surface area contributed by atoms with Crippen molar-refractivity contribution in [3.8, 4) is 16.9 Å². The summed E-state index contributed by atoms with van der Waals surface area (Å²) in [6.45, 7) is 3.59. The molecule has 2 aromatic carbocycles. The summed E-state index contributed by atoms with van der Waals surface area (Å²) in [4.78, 5) is 29.8. The van der Waals surface area contributed by atoms with E-state index < -0.39 is 11.9 Å². The van der Waals surface area contributed by atoms with Crippen LogP contribution >= 0.6 is 11.8 Å². The molecule has 8 heteroatoms. The number of amides is 1. The molecule has 0 spiro atoms. The summed E-state index contributed by atoms with van der Waals surface area (Å²) in [5, 5.41) is 4.60. The number of aromatic nitrogens is 2. The third-order valence-electron chi connectivity index (χ3n) is 4.58. The molecule has 0 unspecified atom stereocenters. The van der Waals surface area contributed by atoms with Gasteiger partial charge in [0.15, 0.2) is 5.69 Å². The molecule has 1 aromatic heterocycles. The highest BCUT2D eigenvalue weighted by Crippen LogP contribution is 2.43. The lowest BCUT2D eigenvalue weighted by Gasteiger charge is -2.18. The summed E-state index contributed by atoms with van der Waals surface area (Å²) in [5.41, 5.74) is 9.52. The summed E-state index contributed by atoms with van der Waals surface area (Å²) in [5.74, 6) is -0.0876. The third-order valence-corrected chi connectivity index (χ3v) is 5.68. The first-order chi connectivity index (χ1) is 14.5. The fourth-order valence-electron chi connectivity index (χ4n) is 3.35. The second-order valence-electron chi connectivity index (χ2n) is 6.70. The molecule has 0 fully saturated rings. The Morgan fingerprint density at radius 3 is 2.80 bits per heavy atom. The summed E-state index contributed by atoms with van der Waals surface area (Å²) >= 11 is 1.66. The van der Waals surface area contributed by atoms with Crippen molar-refractivity contribution in [1.82, 2.24) is 9.78 Å². The van der Waals surface area contributed by atoms with E-state index in [4.69, 9.17) is 10.5 Å². The number of carbonyl (C=O) groups is 2. The molecule has 0 atom stereocenters. The number of esters is 1. The molecule has 152 valence electrons. The van der Waals surface area contributed by atoms with Gasteiger partial charge in [0.25, 0.3) is 5.91 Å². The van der Waals surface area contributed by atoms with Crippen LogP contribution in [0.15, 0.2) is 58.4 Å². The third kappa shape index (κ3) is 3.61. The maximum atomic E-state index is 12.6. The number of nitrogens with two attached hydrogens (primary N) is 1. The number of benzene rings is 2. The Labute approximate surface area is 177 Å². The minimum absolute atomic E-state index is 0.192. The van der Waals surface area contributed by atoms with Gasteiger partial charge in [-0.25, -0.2) is 9.48 Å².